The summed E-state index contributed by atoms with van der Waals surface area (Å²) in [5.74, 6) is 0.246. The van der Waals surface area contributed by atoms with Crippen LogP contribution in [0.25, 0.3) is 0 Å². The summed E-state index contributed by atoms with van der Waals surface area (Å²) in [6.07, 6.45) is 0.375. The molecule has 0 aliphatic heterocycles. The van der Waals surface area contributed by atoms with Gasteiger partial charge in [0.2, 0.25) is 11.8 Å². The number of halogens is 3. The van der Waals surface area contributed by atoms with Crippen LogP contribution in [0.4, 0.5) is 0 Å². The van der Waals surface area contributed by atoms with Crippen molar-refractivity contribution in [3.8, 4) is 0 Å². The summed E-state index contributed by atoms with van der Waals surface area (Å²) in [5.41, 5.74) is 2.07. The quantitative estimate of drug-likeness (QED) is 0.272. The second-order valence-electron chi connectivity index (χ2n) is 9.75. The SMILES string of the molecule is CC(C)(C)NC(=O)[C@H](Cc1ccccc1)N(Cc1ccccc1Cl)C(=O)CSCc1c(Cl)cccc1Cl. The first-order valence-corrected chi connectivity index (χ1v) is 14.2. The molecule has 0 fully saturated rings. The Kier molecular flexibility index (Phi) is 10.8. The predicted molar refractivity (Wildman–Crippen MR) is 156 cm³/mol. The largest absolute Gasteiger partial charge is 0.350 e. The lowest BCUT2D eigenvalue weighted by atomic mass is 10.0. The normalized spacial score (nSPS) is 12.2. The van der Waals surface area contributed by atoms with Gasteiger partial charge in [-0.05, 0) is 55.7 Å². The van der Waals surface area contributed by atoms with Gasteiger partial charge in [0.25, 0.3) is 0 Å². The maximum Gasteiger partial charge on any atom is 0.243 e. The van der Waals surface area contributed by atoms with Crippen molar-refractivity contribution in [2.75, 3.05) is 5.75 Å². The molecule has 3 rings (SSSR count). The summed E-state index contributed by atoms with van der Waals surface area (Å²) in [4.78, 5) is 29.0. The molecule has 0 saturated heterocycles. The molecule has 3 aromatic rings. The van der Waals surface area contributed by atoms with Gasteiger partial charge in [0.1, 0.15) is 6.04 Å². The fourth-order valence-corrected chi connectivity index (χ4v) is 5.65. The van der Waals surface area contributed by atoms with Crippen LogP contribution < -0.4 is 5.32 Å². The lowest BCUT2D eigenvalue weighted by Gasteiger charge is -2.34. The zero-order chi connectivity index (χ0) is 27.0. The molecule has 0 aliphatic carbocycles. The minimum absolute atomic E-state index is 0.153. The molecule has 0 spiro atoms. The van der Waals surface area contributed by atoms with E-state index in [9.17, 15) is 9.59 Å². The number of hydrogen-bond donors (Lipinski definition) is 1. The van der Waals surface area contributed by atoms with Crippen molar-refractivity contribution in [3.63, 3.8) is 0 Å². The molecule has 1 atom stereocenters. The summed E-state index contributed by atoms with van der Waals surface area (Å²) in [5, 5.41) is 4.74. The van der Waals surface area contributed by atoms with E-state index in [1.807, 2.05) is 69.3 Å². The van der Waals surface area contributed by atoms with E-state index in [-0.39, 0.29) is 24.1 Å². The van der Waals surface area contributed by atoms with E-state index >= 15 is 0 Å². The van der Waals surface area contributed by atoms with Crippen molar-refractivity contribution in [2.45, 2.75) is 51.1 Å². The van der Waals surface area contributed by atoms with Crippen LogP contribution in [-0.4, -0.2) is 34.0 Å². The van der Waals surface area contributed by atoms with Crippen LogP contribution in [0.3, 0.4) is 0 Å². The number of thioether (sulfide) groups is 1. The molecule has 196 valence electrons. The minimum atomic E-state index is -0.727. The summed E-state index contributed by atoms with van der Waals surface area (Å²) in [6, 6.07) is 21.7. The van der Waals surface area contributed by atoms with Crippen molar-refractivity contribution in [2.24, 2.45) is 0 Å². The Morgan fingerprint density at radius 3 is 2.08 bits per heavy atom. The van der Waals surface area contributed by atoms with Crippen LogP contribution >= 0.6 is 46.6 Å². The Morgan fingerprint density at radius 1 is 0.865 bits per heavy atom. The number of hydrogen-bond acceptors (Lipinski definition) is 3. The lowest BCUT2D eigenvalue weighted by molar-refractivity contribution is -0.140. The van der Waals surface area contributed by atoms with Crippen molar-refractivity contribution in [1.29, 1.82) is 0 Å². The molecule has 8 heteroatoms. The number of carbonyl (C=O) groups excluding carboxylic acids is 2. The summed E-state index contributed by atoms with van der Waals surface area (Å²) in [7, 11) is 0. The highest BCUT2D eigenvalue weighted by molar-refractivity contribution is 7.99. The molecule has 0 heterocycles. The van der Waals surface area contributed by atoms with Crippen LogP contribution in [0.2, 0.25) is 15.1 Å². The van der Waals surface area contributed by atoms with Gasteiger partial charge in [-0.25, -0.2) is 0 Å². The smallest absolute Gasteiger partial charge is 0.243 e. The molecule has 0 aliphatic rings. The van der Waals surface area contributed by atoms with Gasteiger partial charge in [-0.2, -0.15) is 0 Å². The number of amides is 2. The summed E-state index contributed by atoms with van der Waals surface area (Å²) < 4.78 is 0. The maximum atomic E-state index is 13.7. The Morgan fingerprint density at radius 2 is 1.46 bits per heavy atom. The maximum absolute atomic E-state index is 13.7. The predicted octanol–water partition coefficient (Wildman–Crippen LogP) is 7.43. The van der Waals surface area contributed by atoms with Crippen LogP contribution in [0.15, 0.2) is 72.8 Å². The van der Waals surface area contributed by atoms with Crippen LogP contribution in [0, 0.1) is 0 Å². The van der Waals surface area contributed by atoms with Crippen molar-refractivity contribution in [3.05, 3.63) is 105 Å². The minimum Gasteiger partial charge on any atom is -0.350 e. The first-order chi connectivity index (χ1) is 17.5. The number of nitrogens with zero attached hydrogens (tertiary/aromatic N) is 1. The highest BCUT2D eigenvalue weighted by Gasteiger charge is 2.32. The molecule has 4 nitrogen and oxygen atoms in total. The Bertz CT molecular complexity index is 1200. The zero-order valence-electron chi connectivity index (χ0n) is 21.1. The topological polar surface area (TPSA) is 49.4 Å². The van der Waals surface area contributed by atoms with E-state index in [0.717, 1.165) is 16.7 Å². The summed E-state index contributed by atoms with van der Waals surface area (Å²) >= 11 is 20.5. The number of carbonyl (C=O) groups is 2. The van der Waals surface area contributed by atoms with Gasteiger partial charge < -0.3 is 10.2 Å². The zero-order valence-corrected chi connectivity index (χ0v) is 24.2. The van der Waals surface area contributed by atoms with Crippen LogP contribution in [0.1, 0.15) is 37.5 Å². The lowest BCUT2D eigenvalue weighted by Crippen LogP contribution is -2.54. The molecular weight excluding hydrogens is 547 g/mol. The Balaban J connectivity index is 1.90. The average molecular weight is 578 g/mol. The molecule has 0 radical (unpaired) electrons. The van der Waals surface area contributed by atoms with E-state index in [1.165, 1.54) is 11.8 Å². The third-order valence-corrected chi connectivity index (χ3v) is 7.62. The molecular formula is C29H31Cl3N2O2S. The third-order valence-electron chi connectivity index (χ3n) is 5.60. The number of rotatable bonds is 10. The van der Waals surface area contributed by atoms with Crippen LogP contribution in [-0.2, 0) is 28.3 Å². The fraction of sp³-hybridized carbons (Fsp3) is 0.310. The van der Waals surface area contributed by atoms with Gasteiger partial charge in [-0.15, -0.1) is 11.8 Å². The van der Waals surface area contributed by atoms with Gasteiger partial charge in [0.05, 0.1) is 5.75 Å². The van der Waals surface area contributed by atoms with Crippen LogP contribution in [0.5, 0.6) is 0 Å². The Hall–Kier alpha value is -2.18. The van der Waals surface area contributed by atoms with Crippen molar-refractivity contribution >= 4 is 58.4 Å². The Labute approximate surface area is 238 Å². The molecule has 1 N–H and O–H groups in total. The molecule has 3 aromatic carbocycles. The molecule has 0 unspecified atom stereocenters. The highest BCUT2D eigenvalue weighted by Crippen LogP contribution is 2.29. The van der Waals surface area contributed by atoms with E-state index in [0.29, 0.717) is 27.2 Å². The van der Waals surface area contributed by atoms with Crippen molar-refractivity contribution < 1.29 is 9.59 Å². The molecule has 2 amide bonds. The first-order valence-electron chi connectivity index (χ1n) is 11.9. The molecule has 0 saturated carbocycles. The monoisotopic (exact) mass is 576 g/mol. The number of nitrogens with one attached hydrogen (secondary N) is 1. The molecule has 37 heavy (non-hydrogen) atoms. The number of benzene rings is 3. The van der Waals surface area contributed by atoms with Gasteiger partial charge in [0.15, 0.2) is 0 Å². The van der Waals surface area contributed by atoms with E-state index in [4.69, 9.17) is 34.8 Å². The summed E-state index contributed by atoms with van der Waals surface area (Å²) in [6.45, 7) is 5.98. The molecule has 0 aromatic heterocycles. The van der Waals surface area contributed by atoms with E-state index < -0.39 is 11.6 Å². The third kappa shape index (κ3) is 8.96. The fourth-order valence-electron chi connectivity index (χ4n) is 3.81. The van der Waals surface area contributed by atoms with Gasteiger partial charge >= 0.3 is 0 Å². The second kappa shape index (κ2) is 13.6. The first kappa shape index (κ1) is 29.4. The second-order valence-corrected chi connectivity index (χ2v) is 12.0. The average Bonchev–Trinajstić information content (AvgIpc) is 2.83. The van der Waals surface area contributed by atoms with Crippen molar-refractivity contribution in [1.82, 2.24) is 10.2 Å². The van der Waals surface area contributed by atoms with E-state index in [2.05, 4.69) is 5.32 Å². The van der Waals surface area contributed by atoms with Gasteiger partial charge in [-0.1, -0.05) is 89.4 Å². The van der Waals surface area contributed by atoms with Gasteiger partial charge in [-0.3, -0.25) is 9.59 Å². The van der Waals surface area contributed by atoms with E-state index in [1.54, 1.807) is 29.2 Å². The molecule has 0 bridgehead atoms. The highest BCUT2D eigenvalue weighted by atomic mass is 35.5. The standard InChI is InChI=1S/C29H31Cl3N2O2S/c1-29(2,3)33-28(36)26(16-20-10-5-4-6-11-20)34(17-21-12-7-8-13-23(21)30)27(35)19-37-18-22-24(31)14-9-15-25(22)32/h4-15,26H,16-19H2,1-3H3,(H,33,36)/t26-/m0/s1. The van der Waals surface area contributed by atoms with Gasteiger partial charge in [0, 0.05) is 39.3 Å².